The van der Waals surface area contributed by atoms with Crippen LogP contribution in [-0.2, 0) is 17.8 Å². The Labute approximate surface area is 104 Å². The maximum atomic E-state index is 5.73. The van der Waals surface area contributed by atoms with Gasteiger partial charge in [-0.2, -0.15) is 5.10 Å². The summed E-state index contributed by atoms with van der Waals surface area (Å²) in [6.07, 6.45) is 2.21. The number of hydrogen-bond donors (Lipinski definition) is 0. The zero-order valence-corrected chi connectivity index (χ0v) is 11.3. The second kappa shape index (κ2) is 4.78. The van der Waals surface area contributed by atoms with Crippen LogP contribution in [0.15, 0.2) is 12.3 Å². The van der Waals surface area contributed by atoms with Crippen molar-refractivity contribution < 1.29 is 4.74 Å². The summed E-state index contributed by atoms with van der Waals surface area (Å²) in [6.45, 7) is 12.4. The maximum Gasteiger partial charge on any atom is 0.0675 e. The van der Waals surface area contributed by atoms with Crippen LogP contribution in [0.5, 0.6) is 0 Å². The van der Waals surface area contributed by atoms with Gasteiger partial charge in [-0.25, -0.2) is 0 Å². The SMILES string of the molecule is CCn1nccc1CN1CC(C)OCC1(C)C. The molecule has 1 aliphatic heterocycles. The van der Waals surface area contributed by atoms with Crippen LogP contribution in [0.4, 0.5) is 0 Å². The molecule has 1 fully saturated rings. The third kappa shape index (κ3) is 2.69. The average Bonchev–Trinajstić information content (AvgIpc) is 2.71. The first-order valence-corrected chi connectivity index (χ1v) is 6.40. The predicted octanol–water partition coefficient (Wildman–Crippen LogP) is 1.90. The summed E-state index contributed by atoms with van der Waals surface area (Å²) in [4.78, 5) is 2.49. The molecule has 1 atom stereocenters. The molecule has 0 bridgehead atoms. The number of nitrogens with zero attached hydrogens (tertiary/aromatic N) is 3. The molecule has 0 N–H and O–H groups in total. The van der Waals surface area contributed by atoms with E-state index in [9.17, 15) is 0 Å². The van der Waals surface area contributed by atoms with Crippen LogP contribution < -0.4 is 0 Å². The molecule has 96 valence electrons. The first-order chi connectivity index (χ1) is 8.03. The highest BCUT2D eigenvalue weighted by Gasteiger charge is 2.33. The number of hydrogen-bond acceptors (Lipinski definition) is 3. The molecule has 0 amide bonds. The molecule has 17 heavy (non-hydrogen) atoms. The van der Waals surface area contributed by atoms with E-state index >= 15 is 0 Å². The Morgan fingerprint density at radius 3 is 3.00 bits per heavy atom. The van der Waals surface area contributed by atoms with Crippen LogP contribution >= 0.6 is 0 Å². The van der Waals surface area contributed by atoms with Gasteiger partial charge in [-0.05, 0) is 33.8 Å². The molecular weight excluding hydrogens is 214 g/mol. The van der Waals surface area contributed by atoms with Crippen molar-refractivity contribution in [3.8, 4) is 0 Å². The summed E-state index contributed by atoms with van der Waals surface area (Å²) < 4.78 is 7.80. The normalized spacial score (nSPS) is 25.1. The van der Waals surface area contributed by atoms with Gasteiger partial charge in [-0.3, -0.25) is 9.58 Å². The van der Waals surface area contributed by atoms with E-state index in [2.05, 4.69) is 48.4 Å². The number of ether oxygens (including phenoxy) is 1. The lowest BCUT2D eigenvalue weighted by molar-refractivity contribution is -0.0957. The summed E-state index contributed by atoms with van der Waals surface area (Å²) in [5, 5.41) is 4.33. The molecule has 1 saturated heterocycles. The third-order valence-electron chi connectivity index (χ3n) is 3.51. The molecule has 4 heteroatoms. The van der Waals surface area contributed by atoms with Gasteiger partial charge in [0, 0.05) is 31.4 Å². The van der Waals surface area contributed by atoms with Gasteiger partial charge < -0.3 is 4.74 Å². The summed E-state index contributed by atoms with van der Waals surface area (Å²) in [6, 6.07) is 2.11. The van der Waals surface area contributed by atoms with E-state index in [-0.39, 0.29) is 5.54 Å². The lowest BCUT2D eigenvalue weighted by atomic mass is 10.0. The summed E-state index contributed by atoms with van der Waals surface area (Å²) in [5.41, 5.74) is 1.39. The van der Waals surface area contributed by atoms with Gasteiger partial charge in [0.25, 0.3) is 0 Å². The van der Waals surface area contributed by atoms with Gasteiger partial charge in [-0.1, -0.05) is 0 Å². The average molecular weight is 237 g/mol. The number of aryl methyl sites for hydroxylation is 1. The molecule has 2 rings (SSSR count). The zero-order valence-electron chi connectivity index (χ0n) is 11.3. The topological polar surface area (TPSA) is 30.3 Å². The van der Waals surface area contributed by atoms with Crippen molar-refractivity contribution in [1.82, 2.24) is 14.7 Å². The van der Waals surface area contributed by atoms with Crippen LogP contribution in [-0.4, -0.2) is 39.5 Å². The first kappa shape index (κ1) is 12.6. The van der Waals surface area contributed by atoms with E-state index in [1.165, 1.54) is 5.69 Å². The minimum Gasteiger partial charge on any atom is -0.375 e. The molecule has 1 aromatic heterocycles. The molecule has 0 aliphatic carbocycles. The Morgan fingerprint density at radius 1 is 1.53 bits per heavy atom. The second-order valence-electron chi connectivity index (χ2n) is 5.45. The van der Waals surface area contributed by atoms with E-state index in [1.807, 2.05) is 6.20 Å². The maximum absolute atomic E-state index is 5.73. The van der Waals surface area contributed by atoms with Gasteiger partial charge in [0.1, 0.15) is 0 Å². The highest BCUT2D eigenvalue weighted by Crippen LogP contribution is 2.24. The van der Waals surface area contributed by atoms with Crippen molar-refractivity contribution in [3.63, 3.8) is 0 Å². The quantitative estimate of drug-likeness (QED) is 0.804. The van der Waals surface area contributed by atoms with E-state index < -0.39 is 0 Å². The monoisotopic (exact) mass is 237 g/mol. The van der Waals surface area contributed by atoms with Gasteiger partial charge in [0.2, 0.25) is 0 Å². The molecule has 4 nitrogen and oxygen atoms in total. The minimum atomic E-state index is 0.106. The second-order valence-corrected chi connectivity index (χ2v) is 5.45. The molecule has 0 aromatic carbocycles. The standard InChI is InChI=1S/C13H23N3O/c1-5-16-12(6-7-14-16)9-15-8-11(2)17-10-13(15,3)4/h6-7,11H,5,8-10H2,1-4H3. The van der Waals surface area contributed by atoms with Gasteiger partial charge in [0.15, 0.2) is 0 Å². The molecule has 1 unspecified atom stereocenters. The van der Waals surface area contributed by atoms with E-state index in [4.69, 9.17) is 4.74 Å². The Morgan fingerprint density at radius 2 is 2.29 bits per heavy atom. The van der Waals surface area contributed by atoms with Crippen molar-refractivity contribution in [2.24, 2.45) is 0 Å². The first-order valence-electron chi connectivity index (χ1n) is 6.40. The van der Waals surface area contributed by atoms with Crippen LogP contribution in [0.2, 0.25) is 0 Å². The number of morpholine rings is 1. The fourth-order valence-corrected chi connectivity index (χ4v) is 2.30. The molecular formula is C13H23N3O. The molecule has 0 spiro atoms. The van der Waals surface area contributed by atoms with E-state index in [1.54, 1.807) is 0 Å². The van der Waals surface area contributed by atoms with E-state index in [0.29, 0.717) is 6.10 Å². The van der Waals surface area contributed by atoms with Crippen molar-refractivity contribution in [1.29, 1.82) is 0 Å². The smallest absolute Gasteiger partial charge is 0.0675 e. The number of rotatable bonds is 3. The van der Waals surface area contributed by atoms with Gasteiger partial charge in [0.05, 0.1) is 18.4 Å². The predicted molar refractivity (Wildman–Crippen MR) is 67.8 cm³/mol. The zero-order chi connectivity index (χ0) is 12.5. The van der Waals surface area contributed by atoms with Gasteiger partial charge >= 0.3 is 0 Å². The Bertz CT molecular complexity index is 372. The van der Waals surface area contributed by atoms with Crippen molar-refractivity contribution in [2.75, 3.05) is 13.2 Å². The fourth-order valence-electron chi connectivity index (χ4n) is 2.30. The molecule has 1 aromatic rings. The van der Waals surface area contributed by atoms with Crippen molar-refractivity contribution in [3.05, 3.63) is 18.0 Å². The Kier molecular flexibility index (Phi) is 3.54. The van der Waals surface area contributed by atoms with Crippen LogP contribution in [0.1, 0.15) is 33.4 Å². The van der Waals surface area contributed by atoms with Crippen molar-refractivity contribution >= 4 is 0 Å². The lowest BCUT2D eigenvalue weighted by Gasteiger charge is -2.44. The molecule has 1 aliphatic rings. The Balaban J connectivity index is 2.11. The van der Waals surface area contributed by atoms with E-state index in [0.717, 1.165) is 26.2 Å². The summed E-state index contributed by atoms with van der Waals surface area (Å²) in [5.74, 6) is 0. The molecule has 0 radical (unpaired) electrons. The van der Waals surface area contributed by atoms with Gasteiger partial charge in [-0.15, -0.1) is 0 Å². The highest BCUT2D eigenvalue weighted by molar-refractivity contribution is 5.02. The van der Waals surface area contributed by atoms with Crippen LogP contribution in [0.25, 0.3) is 0 Å². The fraction of sp³-hybridized carbons (Fsp3) is 0.769. The number of aromatic nitrogens is 2. The largest absolute Gasteiger partial charge is 0.375 e. The molecule has 0 saturated carbocycles. The third-order valence-corrected chi connectivity index (χ3v) is 3.51. The Hall–Kier alpha value is -0.870. The summed E-state index contributed by atoms with van der Waals surface area (Å²) >= 11 is 0. The summed E-state index contributed by atoms with van der Waals surface area (Å²) in [7, 11) is 0. The molecule has 2 heterocycles. The van der Waals surface area contributed by atoms with Crippen LogP contribution in [0.3, 0.4) is 0 Å². The lowest BCUT2D eigenvalue weighted by Crippen LogP contribution is -2.55. The highest BCUT2D eigenvalue weighted by atomic mass is 16.5. The minimum absolute atomic E-state index is 0.106. The van der Waals surface area contributed by atoms with Crippen LogP contribution in [0, 0.1) is 0 Å². The van der Waals surface area contributed by atoms with Crippen molar-refractivity contribution in [2.45, 2.75) is 52.4 Å².